The van der Waals surface area contributed by atoms with Gasteiger partial charge in [0, 0.05) is 0 Å². The largest absolute Gasteiger partial charge is 0.507 e. The van der Waals surface area contributed by atoms with Crippen LogP contribution in [0.15, 0.2) is 43.0 Å². The van der Waals surface area contributed by atoms with E-state index in [1.54, 1.807) is 0 Å². The molecule has 1 nitrogen and oxygen atoms in total. The van der Waals surface area contributed by atoms with Gasteiger partial charge in [-0.3, -0.25) is 0 Å². The fourth-order valence-corrected chi connectivity index (χ4v) is 2.86. The summed E-state index contributed by atoms with van der Waals surface area (Å²) in [5, 5.41) is 10.2. The summed E-state index contributed by atoms with van der Waals surface area (Å²) in [6.07, 6.45) is 0.847. The minimum Gasteiger partial charge on any atom is -0.507 e. The Bertz CT molecular complexity index is 647. The second-order valence-electron chi connectivity index (χ2n) is 6.10. The summed E-state index contributed by atoms with van der Waals surface area (Å²) < 4.78 is 0. The monoisotopic (exact) mass is 280 g/mol. The minimum atomic E-state index is 0.248. The van der Waals surface area contributed by atoms with Crippen LogP contribution < -0.4 is 0 Å². The molecule has 2 rings (SSSR count). The highest BCUT2D eigenvalue weighted by atomic mass is 16.3. The molecule has 0 saturated heterocycles. The third-order valence-electron chi connectivity index (χ3n) is 3.98. The second-order valence-corrected chi connectivity index (χ2v) is 6.10. The number of phenols is 1. The fraction of sp³-hybridized carbons (Fsp3) is 0.300. The molecule has 2 aromatic rings. The molecule has 0 heterocycles. The van der Waals surface area contributed by atoms with Gasteiger partial charge < -0.3 is 5.11 Å². The van der Waals surface area contributed by atoms with Crippen molar-refractivity contribution in [3.8, 4) is 5.75 Å². The molecule has 0 saturated carbocycles. The van der Waals surface area contributed by atoms with Gasteiger partial charge >= 0.3 is 0 Å². The summed E-state index contributed by atoms with van der Waals surface area (Å²) in [5.74, 6) is 0.663. The van der Waals surface area contributed by atoms with Crippen LogP contribution in [0.1, 0.15) is 47.1 Å². The quantitative estimate of drug-likeness (QED) is 0.781. The van der Waals surface area contributed by atoms with Crippen molar-refractivity contribution < 1.29 is 5.11 Å². The molecule has 2 aromatic carbocycles. The zero-order valence-electron chi connectivity index (χ0n) is 13.4. The van der Waals surface area contributed by atoms with Gasteiger partial charge in [0.15, 0.2) is 0 Å². The van der Waals surface area contributed by atoms with Crippen molar-refractivity contribution in [3.63, 3.8) is 0 Å². The van der Waals surface area contributed by atoms with Gasteiger partial charge in [-0.15, -0.1) is 0 Å². The van der Waals surface area contributed by atoms with Crippen LogP contribution in [0.5, 0.6) is 5.75 Å². The van der Waals surface area contributed by atoms with E-state index in [0.29, 0.717) is 5.75 Å². The molecule has 0 bridgehead atoms. The third kappa shape index (κ3) is 3.55. The summed E-state index contributed by atoms with van der Waals surface area (Å²) >= 11 is 0. The van der Waals surface area contributed by atoms with Crippen LogP contribution in [0.3, 0.4) is 0 Å². The minimum absolute atomic E-state index is 0.248. The maximum absolute atomic E-state index is 10.2. The molecule has 1 unspecified atom stereocenters. The smallest absolute Gasteiger partial charge is 0.121 e. The lowest BCUT2D eigenvalue weighted by Gasteiger charge is -2.17. The van der Waals surface area contributed by atoms with Gasteiger partial charge in [-0.1, -0.05) is 61.0 Å². The van der Waals surface area contributed by atoms with E-state index in [2.05, 4.69) is 45.5 Å². The van der Waals surface area contributed by atoms with Crippen molar-refractivity contribution in [1.29, 1.82) is 0 Å². The lowest BCUT2D eigenvalue weighted by atomic mass is 9.89. The van der Waals surface area contributed by atoms with E-state index >= 15 is 0 Å². The first kappa shape index (κ1) is 15.4. The molecule has 110 valence electrons. The Morgan fingerprint density at radius 1 is 1.10 bits per heavy atom. The van der Waals surface area contributed by atoms with Gasteiger partial charge in [-0.05, 0) is 55.4 Å². The highest BCUT2D eigenvalue weighted by Gasteiger charge is 2.14. The Morgan fingerprint density at radius 3 is 2.33 bits per heavy atom. The van der Waals surface area contributed by atoms with E-state index in [1.165, 1.54) is 16.7 Å². The maximum Gasteiger partial charge on any atom is 0.121 e. The summed E-state index contributed by atoms with van der Waals surface area (Å²) in [5.41, 5.74) is 6.77. The van der Waals surface area contributed by atoms with Crippen LogP contribution >= 0.6 is 0 Å². The van der Waals surface area contributed by atoms with Crippen LogP contribution in [0.4, 0.5) is 0 Å². The topological polar surface area (TPSA) is 20.2 Å². The molecule has 0 aliphatic rings. The lowest BCUT2D eigenvalue weighted by molar-refractivity contribution is 0.459. The van der Waals surface area contributed by atoms with E-state index in [-0.39, 0.29) is 5.92 Å². The average molecular weight is 280 g/mol. The van der Waals surface area contributed by atoms with Crippen molar-refractivity contribution in [2.75, 3.05) is 0 Å². The molecule has 0 fully saturated rings. The average Bonchev–Trinajstić information content (AvgIpc) is 2.40. The molecule has 0 aliphatic carbocycles. The normalized spacial score (nSPS) is 12.2. The Balaban J connectivity index is 2.21. The van der Waals surface area contributed by atoms with Crippen molar-refractivity contribution in [1.82, 2.24) is 0 Å². The number of aryl methyl sites for hydroxylation is 3. The third-order valence-corrected chi connectivity index (χ3v) is 3.98. The van der Waals surface area contributed by atoms with Crippen LogP contribution in [0, 0.1) is 20.8 Å². The van der Waals surface area contributed by atoms with E-state index in [1.807, 2.05) is 25.1 Å². The molecule has 1 N–H and O–H groups in total. The molecular weight excluding hydrogens is 256 g/mol. The second kappa shape index (κ2) is 6.17. The van der Waals surface area contributed by atoms with Crippen LogP contribution in [-0.2, 0) is 0 Å². The number of allylic oxidation sites excluding steroid dienone is 1. The van der Waals surface area contributed by atoms with Crippen molar-refractivity contribution in [3.05, 3.63) is 70.8 Å². The van der Waals surface area contributed by atoms with Gasteiger partial charge in [-0.2, -0.15) is 0 Å². The van der Waals surface area contributed by atoms with Gasteiger partial charge in [0.2, 0.25) is 0 Å². The molecule has 0 radical (unpaired) electrons. The van der Waals surface area contributed by atoms with Crippen molar-refractivity contribution in [2.24, 2.45) is 0 Å². The van der Waals surface area contributed by atoms with E-state index in [4.69, 9.17) is 0 Å². The van der Waals surface area contributed by atoms with E-state index < -0.39 is 0 Å². The standard InChI is InChI=1S/C20H24O/c1-13-9-14(2)11-18(10-13)16(4)12-17(5)19-8-6-7-15(3)20(19)21/h6-11,17,21H,4,12H2,1-3,5H3. The Kier molecular flexibility index (Phi) is 4.52. The Hall–Kier alpha value is -2.02. The summed E-state index contributed by atoms with van der Waals surface area (Å²) in [6.45, 7) is 12.5. The number of para-hydroxylation sites is 1. The zero-order valence-corrected chi connectivity index (χ0v) is 13.4. The number of hydrogen-bond donors (Lipinski definition) is 1. The van der Waals surface area contributed by atoms with E-state index in [9.17, 15) is 5.11 Å². The molecular formula is C20H24O. The van der Waals surface area contributed by atoms with Crippen LogP contribution in [0.25, 0.3) is 5.57 Å². The van der Waals surface area contributed by atoms with Crippen molar-refractivity contribution >= 4 is 5.57 Å². The van der Waals surface area contributed by atoms with Crippen LogP contribution in [0.2, 0.25) is 0 Å². The molecule has 21 heavy (non-hydrogen) atoms. The van der Waals surface area contributed by atoms with Gasteiger partial charge in [0.1, 0.15) is 5.75 Å². The lowest BCUT2D eigenvalue weighted by Crippen LogP contribution is -1.97. The number of hydrogen-bond acceptors (Lipinski definition) is 1. The zero-order chi connectivity index (χ0) is 15.6. The highest BCUT2D eigenvalue weighted by molar-refractivity contribution is 5.65. The number of phenolic OH excluding ortho intramolecular Hbond substituents is 1. The Morgan fingerprint density at radius 2 is 1.71 bits per heavy atom. The Labute approximate surface area is 128 Å². The molecule has 1 heteroatoms. The highest BCUT2D eigenvalue weighted by Crippen LogP contribution is 2.34. The summed E-state index contributed by atoms with van der Waals surface area (Å²) in [6, 6.07) is 12.5. The maximum atomic E-state index is 10.2. The predicted octanol–water partition coefficient (Wildman–Crippen LogP) is 5.52. The fourth-order valence-electron chi connectivity index (χ4n) is 2.86. The molecule has 0 amide bonds. The molecule has 0 aliphatic heterocycles. The summed E-state index contributed by atoms with van der Waals surface area (Å²) in [7, 11) is 0. The van der Waals surface area contributed by atoms with E-state index in [0.717, 1.165) is 23.1 Å². The first-order chi connectivity index (χ1) is 9.88. The van der Waals surface area contributed by atoms with Gasteiger partial charge in [-0.25, -0.2) is 0 Å². The van der Waals surface area contributed by atoms with Gasteiger partial charge in [0.25, 0.3) is 0 Å². The molecule has 1 atom stereocenters. The van der Waals surface area contributed by atoms with Crippen LogP contribution in [-0.4, -0.2) is 5.11 Å². The first-order valence-electron chi connectivity index (χ1n) is 7.43. The number of aromatic hydroxyl groups is 1. The molecule has 0 spiro atoms. The summed E-state index contributed by atoms with van der Waals surface area (Å²) in [4.78, 5) is 0. The van der Waals surface area contributed by atoms with Crippen molar-refractivity contribution in [2.45, 2.75) is 40.0 Å². The number of rotatable bonds is 4. The number of benzene rings is 2. The van der Waals surface area contributed by atoms with Gasteiger partial charge in [0.05, 0.1) is 0 Å². The SMILES string of the molecule is C=C(CC(C)c1cccc(C)c1O)c1cc(C)cc(C)c1. The molecule has 0 aromatic heterocycles. The first-order valence-corrected chi connectivity index (χ1v) is 7.43. The predicted molar refractivity (Wildman–Crippen MR) is 90.8 cm³/mol.